The molecule has 1 fully saturated rings. The van der Waals surface area contributed by atoms with E-state index >= 15 is 0 Å². The maximum Gasteiger partial charge on any atom is 0.387 e. The quantitative estimate of drug-likeness (QED) is 0.858. The molecule has 1 aromatic rings. The number of hydrogen-bond acceptors (Lipinski definition) is 2. The Balaban J connectivity index is 2.28. The number of hydrogen-bond donors (Lipinski definition) is 1. The van der Waals surface area contributed by atoms with Crippen molar-refractivity contribution in [2.75, 3.05) is 6.61 Å². The Bertz CT molecular complexity index is 387. The van der Waals surface area contributed by atoms with Crippen LogP contribution in [0.4, 0.5) is 8.78 Å². The van der Waals surface area contributed by atoms with Gasteiger partial charge >= 0.3 is 6.61 Å². The zero-order valence-electron chi connectivity index (χ0n) is 9.04. The summed E-state index contributed by atoms with van der Waals surface area (Å²) in [7, 11) is 0. The van der Waals surface area contributed by atoms with Gasteiger partial charge in [0, 0.05) is 5.41 Å². The number of rotatable bonds is 4. The first-order valence-corrected chi connectivity index (χ1v) is 5.24. The standard InChI is InChI=1S/C12H14F2O2/c1-8-2-3-9(12(7-15)4-5-12)6-10(8)16-11(13)14/h2-3,6,11,15H,4-5,7H2,1H3. The average molecular weight is 228 g/mol. The second kappa shape index (κ2) is 4.01. The minimum absolute atomic E-state index is 0.0597. The van der Waals surface area contributed by atoms with Crippen LogP contribution in [0.25, 0.3) is 0 Å². The molecule has 0 amide bonds. The SMILES string of the molecule is Cc1ccc(C2(CO)CC2)cc1OC(F)F. The second-order valence-electron chi connectivity index (χ2n) is 4.30. The number of ether oxygens (including phenoxy) is 1. The van der Waals surface area contributed by atoms with Gasteiger partial charge in [0.2, 0.25) is 0 Å². The Morgan fingerprint density at radius 3 is 2.62 bits per heavy atom. The van der Waals surface area contributed by atoms with Crippen molar-refractivity contribution in [1.29, 1.82) is 0 Å². The van der Waals surface area contributed by atoms with Gasteiger partial charge in [0.15, 0.2) is 0 Å². The van der Waals surface area contributed by atoms with Crippen molar-refractivity contribution < 1.29 is 18.6 Å². The highest BCUT2D eigenvalue weighted by Gasteiger charge is 2.43. The molecule has 0 spiro atoms. The molecular weight excluding hydrogens is 214 g/mol. The first kappa shape index (κ1) is 11.3. The van der Waals surface area contributed by atoms with E-state index < -0.39 is 6.61 Å². The topological polar surface area (TPSA) is 29.5 Å². The zero-order chi connectivity index (χ0) is 11.8. The molecule has 0 bridgehead atoms. The summed E-state index contributed by atoms with van der Waals surface area (Å²) < 4.78 is 28.7. The van der Waals surface area contributed by atoms with Crippen LogP contribution in [0.5, 0.6) is 5.75 Å². The Kier molecular flexibility index (Phi) is 2.84. The second-order valence-corrected chi connectivity index (χ2v) is 4.30. The van der Waals surface area contributed by atoms with Crippen molar-refractivity contribution in [1.82, 2.24) is 0 Å². The summed E-state index contributed by atoms with van der Waals surface area (Å²) in [4.78, 5) is 0. The third kappa shape index (κ3) is 2.02. The summed E-state index contributed by atoms with van der Waals surface area (Å²) in [6.45, 7) is -1.03. The number of halogens is 2. The average Bonchev–Trinajstić information content (AvgIpc) is 3.01. The van der Waals surface area contributed by atoms with E-state index in [0.29, 0.717) is 5.56 Å². The van der Waals surface area contributed by atoms with Gasteiger partial charge in [-0.25, -0.2) is 0 Å². The fraction of sp³-hybridized carbons (Fsp3) is 0.500. The highest BCUT2D eigenvalue weighted by molar-refractivity contribution is 5.42. The van der Waals surface area contributed by atoms with E-state index in [0.717, 1.165) is 18.4 Å². The van der Waals surface area contributed by atoms with Crippen molar-refractivity contribution in [2.24, 2.45) is 0 Å². The van der Waals surface area contributed by atoms with Gasteiger partial charge < -0.3 is 9.84 Å². The lowest BCUT2D eigenvalue weighted by Gasteiger charge is -2.15. The number of aliphatic hydroxyl groups excluding tert-OH is 1. The van der Waals surface area contributed by atoms with Crippen LogP contribution in [-0.4, -0.2) is 18.3 Å². The molecule has 16 heavy (non-hydrogen) atoms. The molecule has 0 radical (unpaired) electrons. The zero-order valence-corrected chi connectivity index (χ0v) is 9.04. The van der Waals surface area contributed by atoms with E-state index in [1.807, 2.05) is 6.07 Å². The molecule has 0 saturated heterocycles. The van der Waals surface area contributed by atoms with Crippen molar-refractivity contribution in [3.8, 4) is 5.75 Å². The van der Waals surface area contributed by atoms with Gasteiger partial charge in [0.25, 0.3) is 0 Å². The summed E-state index contributed by atoms with van der Waals surface area (Å²) in [6, 6.07) is 5.24. The van der Waals surface area contributed by atoms with Crippen molar-refractivity contribution in [2.45, 2.75) is 31.8 Å². The molecule has 4 heteroatoms. The molecule has 0 heterocycles. The molecule has 1 saturated carbocycles. The third-order valence-electron chi connectivity index (χ3n) is 3.17. The smallest absolute Gasteiger partial charge is 0.387 e. The summed E-state index contributed by atoms with van der Waals surface area (Å²) in [6.07, 6.45) is 1.81. The lowest BCUT2D eigenvalue weighted by Crippen LogP contribution is -2.12. The monoisotopic (exact) mass is 228 g/mol. The van der Waals surface area contributed by atoms with Gasteiger partial charge in [-0.1, -0.05) is 12.1 Å². The molecule has 88 valence electrons. The van der Waals surface area contributed by atoms with Gasteiger partial charge in [0.05, 0.1) is 6.61 Å². The first-order chi connectivity index (χ1) is 7.57. The maximum atomic E-state index is 12.2. The highest BCUT2D eigenvalue weighted by atomic mass is 19.3. The molecule has 0 aliphatic heterocycles. The van der Waals surface area contributed by atoms with Gasteiger partial charge in [-0.05, 0) is 37.0 Å². The number of alkyl halides is 2. The van der Waals surface area contributed by atoms with Crippen LogP contribution in [0.2, 0.25) is 0 Å². The summed E-state index contributed by atoms with van der Waals surface area (Å²) in [5, 5.41) is 9.26. The Morgan fingerprint density at radius 2 is 2.12 bits per heavy atom. The van der Waals surface area contributed by atoms with Crippen LogP contribution < -0.4 is 4.74 Å². The number of aliphatic hydroxyl groups is 1. The van der Waals surface area contributed by atoms with Gasteiger partial charge in [-0.2, -0.15) is 8.78 Å². The minimum atomic E-state index is -2.81. The minimum Gasteiger partial charge on any atom is -0.435 e. The molecule has 0 aromatic heterocycles. The summed E-state index contributed by atoms with van der Waals surface area (Å²) in [5.74, 6) is 0.201. The molecule has 0 unspecified atom stereocenters. The molecule has 1 aliphatic rings. The molecule has 1 N–H and O–H groups in total. The van der Waals surface area contributed by atoms with Crippen LogP contribution in [0.3, 0.4) is 0 Å². The predicted molar refractivity (Wildman–Crippen MR) is 55.8 cm³/mol. The summed E-state index contributed by atoms with van der Waals surface area (Å²) in [5.41, 5.74) is 1.35. The van der Waals surface area contributed by atoms with Crippen LogP contribution >= 0.6 is 0 Å². The van der Waals surface area contributed by atoms with Crippen molar-refractivity contribution in [3.05, 3.63) is 29.3 Å². The molecular formula is C12H14F2O2. The summed E-state index contributed by atoms with van der Waals surface area (Å²) >= 11 is 0. The van der Waals surface area contributed by atoms with Gasteiger partial charge in [0.1, 0.15) is 5.75 Å². The van der Waals surface area contributed by atoms with E-state index in [1.165, 1.54) is 0 Å². The Hall–Kier alpha value is -1.16. The first-order valence-electron chi connectivity index (χ1n) is 5.24. The number of aryl methyl sites for hydroxylation is 1. The lowest BCUT2D eigenvalue weighted by molar-refractivity contribution is -0.0503. The fourth-order valence-corrected chi connectivity index (χ4v) is 1.84. The molecule has 1 aromatic carbocycles. The van der Waals surface area contributed by atoms with Gasteiger partial charge in [-0.3, -0.25) is 0 Å². The molecule has 2 nitrogen and oxygen atoms in total. The van der Waals surface area contributed by atoms with Crippen molar-refractivity contribution >= 4 is 0 Å². The van der Waals surface area contributed by atoms with E-state index in [1.54, 1.807) is 19.1 Å². The maximum absolute atomic E-state index is 12.2. The Labute approximate surface area is 92.9 Å². The normalized spacial score (nSPS) is 17.6. The molecule has 1 aliphatic carbocycles. The van der Waals surface area contributed by atoms with Gasteiger partial charge in [-0.15, -0.1) is 0 Å². The van der Waals surface area contributed by atoms with Crippen LogP contribution in [-0.2, 0) is 5.41 Å². The van der Waals surface area contributed by atoms with Crippen molar-refractivity contribution in [3.63, 3.8) is 0 Å². The fourth-order valence-electron chi connectivity index (χ4n) is 1.84. The predicted octanol–water partition coefficient (Wildman–Crippen LogP) is 2.62. The van der Waals surface area contributed by atoms with Crippen LogP contribution in [0.1, 0.15) is 24.0 Å². The van der Waals surface area contributed by atoms with E-state index in [2.05, 4.69) is 4.74 Å². The third-order valence-corrected chi connectivity index (χ3v) is 3.17. The molecule has 0 atom stereocenters. The van der Waals surface area contributed by atoms with E-state index in [-0.39, 0.29) is 17.8 Å². The molecule has 2 rings (SSSR count). The van der Waals surface area contributed by atoms with Crippen LogP contribution in [0.15, 0.2) is 18.2 Å². The van der Waals surface area contributed by atoms with Crippen LogP contribution in [0, 0.1) is 6.92 Å². The number of benzene rings is 1. The van der Waals surface area contributed by atoms with E-state index in [9.17, 15) is 13.9 Å². The Morgan fingerprint density at radius 1 is 1.44 bits per heavy atom. The highest BCUT2D eigenvalue weighted by Crippen LogP contribution is 2.48. The van der Waals surface area contributed by atoms with E-state index in [4.69, 9.17) is 0 Å². The largest absolute Gasteiger partial charge is 0.435 e. The lowest BCUT2D eigenvalue weighted by atomic mass is 9.95.